The molecule has 2 N–H and O–H groups in total. The van der Waals surface area contributed by atoms with Gasteiger partial charge < -0.3 is 10.5 Å². The molecular formula is C10H17N3OS. The highest BCUT2D eigenvalue weighted by molar-refractivity contribution is 7.09. The highest BCUT2D eigenvalue weighted by Crippen LogP contribution is 2.27. The first kappa shape index (κ1) is 11.0. The molecule has 0 radical (unpaired) electrons. The lowest BCUT2D eigenvalue weighted by molar-refractivity contribution is 0.160. The predicted octanol–water partition coefficient (Wildman–Crippen LogP) is 0.516. The maximum atomic E-state index is 6.12. The molecule has 1 fully saturated rings. The molecule has 0 bridgehead atoms. The molecule has 0 aromatic carbocycles. The molecule has 1 aliphatic heterocycles. The number of thiazole rings is 1. The number of ether oxygens (including phenoxy) is 1. The van der Waals surface area contributed by atoms with Crippen LogP contribution >= 0.6 is 11.3 Å². The Kier molecular flexibility index (Phi) is 3.69. The van der Waals surface area contributed by atoms with E-state index in [0.717, 1.165) is 26.2 Å². The molecule has 2 atom stereocenters. The van der Waals surface area contributed by atoms with E-state index >= 15 is 0 Å². The molecule has 0 aliphatic carbocycles. The number of hydrogen-bond donors (Lipinski definition) is 1. The van der Waals surface area contributed by atoms with E-state index in [1.165, 1.54) is 5.01 Å². The third-order valence-electron chi connectivity index (χ3n) is 2.82. The number of aromatic nitrogens is 1. The van der Waals surface area contributed by atoms with E-state index in [-0.39, 0.29) is 6.04 Å². The van der Waals surface area contributed by atoms with E-state index < -0.39 is 0 Å². The average molecular weight is 227 g/mol. The Morgan fingerprint density at radius 3 is 3.20 bits per heavy atom. The summed E-state index contributed by atoms with van der Waals surface area (Å²) < 4.78 is 5.07. The average Bonchev–Trinajstić information content (AvgIpc) is 2.83. The van der Waals surface area contributed by atoms with Gasteiger partial charge in [-0.2, -0.15) is 0 Å². The van der Waals surface area contributed by atoms with Crippen molar-refractivity contribution in [1.82, 2.24) is 9.88 Å². The molecule has 1 aliphatic rings. The number of methoxy groups -OCH3 is 1. The Balaban J connectivity index is 1.93. The van der Waals surface area contributed by atoms with Gasteiger partial charge in [-0.3, -0.25) is 4.90 Å². The molecule has 5 heteroatoms. The summed E-state index contributed by atoms with van der Waals surface area (Å²) in [5.41, 5.74) is 6.12. The molecule has 4 nitrogen and oxygen atoms in total. The van der Waals surface area contributed by atoms with E-state index in [1.54, 1.807) is 18.4 Å². The van der Waals surface area contributed by atoms with Crippen LogP contribution in [-0.4, -0.2) is 49.3 Å². The molecule has 2 heterocycles. The van der Waals surface area contributed by atoms with Crippen LogP contribution < -0.4 is 5.73 Å². The summed E-state index contributed by atoms with van der Waals surface area (Å²) in [4.78, 5) is 6.69. The van der Waals surface area contributed by atoms with Gasteiger partial charge >= 0.3 is 0 Å². The summed E-state index contributed by atoms with van der Waals surface area (Å²) in [6.45, 7) is 3.70. The van der Waals surface area contributed by atoms with Gasteiger partial charge in [0.2, 0.25) is 0 Å². The molecule has 0 amide bonds. The first-order chi connectivity index (χ1) is 7.31. The Morgan fingerprint density at radius 2 is 2.53 bits per heavy atom. The highest BCUT2D eigenvalue weighted by Gasteiger charge is 2.32. The molecule has 2 rings (SSSR count). The first-order valence-electron chi connectivity index (χ1n) is 5.17. The number of nitrogens with two attached hydrogens (primary N) is 1. The molecule has 0 saturated carbocycles. The molecule has 1 saturated heterocycles. The SMILES string of the molecule is COCCN1C[C@@H](N)[C@H](c2nccs2)C1. The Bertz CT molecular complexity index is 291. The molecular weight excluding hydrogens is 210 g/mol. The number of likely N-dealkylation sites (tertiary alicyclic amines) is 1. The van der Waals surface area contributed by atoms with Crippen LogP contribution in [0.5, 0.6) is 0 Å². The van der Waals surface area contributed by atoms with Gasteiger partial charge in [0.05, 0.1) is 11.6 Å². The molecule has 84 valence electrons. The monoisotopic (exact) mass is 227 g/mol. The summed E-state index contributed by atoms with van der Waals surface area (Å²) in [6.07, 6.45) is 1.85. The van der Waals surface area contributed by atoms with Gasteiger partial charge in [0, 0.05) is 50.3 Å². The normalized spacial score (nSPS) is 27.3. The fraction of sp³-hybridized carbons (Fsp3) is 0.700. The van der Waals surface area contributed by atoms with Crippen molar-refractivity contribution < 1.29 is 4.74 Å². The predicted molar refractivity (Wildman–Crippen MR) is 61.1 cm³/mol. The molecule has 0 unspecified atom stereocenters. The van der Waals surface area contributed by atoms with Crippen LogP contribution in [0, 0.1) is 0 Å². The van der Waals surface area contributed by atoms with Crippen molar-refractivity contribution in [3.05, 3.63) is 16.6 Å². The van der Waals surface area contributed by atoms with Crippen LogP contribution in [0.2, 0.25) is 0 Å². The summed E-state index contributed by atoms with van der Waals surface area (Å²) in [7, 11) is 1.73. The number of hydrogen-bond acceptors (Lipinski definition) is 5. The third-order valence-corrected chi connectivity index (χ3v) is 3.73. The van der Waals surface area contributed by atoms with Crippen LogP contribution in [0.25, 0.3) is 0 Å². The maximum Gasteiger partial charge on any atom is 0.0984 e. The largest absolute Gasteiger partial charge is 0.383 e. The third kappa shape index (κ3) is 2.55. The lowest BCUT2D eigenvalue weighted by Crippen LogP contribution is -2.30. The fourth-order valence-electron chi connectivity index (χ4n) is 2.00. The lowest BCUT2D eigenvalue weighted by Gasteiger charge is -2.13. The molecule has 1 aromatic rings. The van der Waals surface area contributed by atoms with Crippen LogP contribution in [0.3, 0.4) is 0 Å². The highest BCUT2D eigenvalue weighted by atomic mass is 32.1. The van der Waals surface area contributed by atoms with Crippen LogP contribution in [-0.2, 0) is 4.74 Å². The van der Waals surface area contributed by atoms with E-state index in [2.05, 4.69) is 9.88 Å². The zero-order chi connectivity index (χ0) is 10.7. The molecule has 1 aromatic heterocycles. The van der Waals surface area contributed by atoms with Crippen molar-refractivity contribution in [1.29, 1.82) is 0 Å². The van der Waals surface area contributed by atoms with Gasteiger partial charge in [0.25, 0.3) is 0 Å². The van der Waals surface area contributed by atoms with E-state index in [1.807, 2.05) is 11.6 Å². The Morgan fingerprint density at radius 1 is 1.67 bits per heavy atom. The van der Waals surface area contributed by atoms with Gasteiger partial charge in [0.1, 0.15) is 0 Å². The summed E-state index contributed by atoms with van der Waals surface area (Å²) in [5, 5.41) is 3.18. The van der Waals surface area contributed by atoms with Crippen molar-refractivity contribution in [3.8, 4) is 0 Å². The van der Waals surface area contributed by atoms with Crippen molar-refractivity contribution in [2.45, 2.75) is 12.0 Å². The summed E-state index contributed by atoms with van der Waals surface area (Å²) >= 11 is 1.70. The summed E-state index contributed by atoms with van der Waals surface area (Å²) in [6, 6.07) is 0.216. The Hall–Kier alpha value is -0.490. The molecule has 0 spiro atoms. The summed E-state index contributed by atoms with van der Waals surface area (Å²) in [5.74, 6) is 0.404. The second-order valence-electron chi connectivity index (χ2n) is 3.89. The minimum Gasteiger partial charge on any atom is -0.383 e. The molecule has 15 heavy (non-hydrogen) atoms. The van der Waals surface area contributed by atoms with Gasteiger partial charge in [0.15, 0.2) is 0 Å². The minimum atomic E-state index is 0.216. The smallest absolute Gasteiger partial charge is 0.0984 e. The zero-order valence-electron chi connectivity index (χ0n) is 8.93. The van der Waals surface area contributed by atoms with Crippen molar-refractivity contribution in [2.24, 2.45) is 5.73 Å². The standard InChI is InChI=1S/C10H17N3OS/c1-14-4-3-13-6-8(9(11)7-13)10-12-2-5-15-10/h2,5,8-9H,3-4,6-7,11H2,1H3/t8-,9-/m1/s1. The number of nitrogens with zero attached hydrogens (tertiary/aromatic N) is 2. The van der Waals surface area contributed by atoms with Crippen molar-refractivity contribution in [2.75, 3.05) is 33.4 Å². The van der Waals surface area contributed by atoms with E-state index in [4.69, 9.17) is 10.5 Å². The fourth-order valence-corrected chi connectivity index (χ4v) is 2.80. The first-order valence-corrected chi connectivity index (χ1v) is 6.05. The van der Waals surface area contributed by atoms with Crippen molar-refractivity contribution in [3.63, 3.8) is 0 Å². The van der Waals surface area contributed by atoms with Gasteiger partial charge in [-0.05, 0) is 0 Å². The number of rotatable bonds is 4. The van der Waals surface area contributed by atoms with Crippen molar-refractivity contribution >= 4 is 11.3 Å². The quantitative estimate of drug-likeness (QED) is 0.814. The van der Waals surface area contributed by atoms with Gasteiger partial charge in [-0.15, -0.1) is 11.3 Å². The van der Waals surface area contributed by atoms with Crippen LogP contribution in [0.15, 0.2) is 11.6 Å². The second-order valence-corrected chi connectivity index (χ2v) is 4.82. The van der Waals surface area contributed by atoms with E-state index in [0.29, 0.717) is 5.92 Å². The van der Waals surface area contributed by atoms with E-state index in [9.17, 15) is 0 Å². The zero-order valence-corrected chi connectivity index (χ0v) is 9.74. The topological polar surface area (TPSA) is 51.4 Å². The Labute approximate surface area is 94.1 Å². The lowest BCUT2D eigenvalue weighted by atomic mass is 10.1. The van der Waals surface area contributed by atoms with Crippen LogP contribution in [0.4, 0.5) is 0 Å². The van der Waals surface area contributed by atoms with Crippen LogP contribution in [0.1, 0.15) is 10.9 Å². The minimum absolute atomic E-state index is 0.216. The maximum absolute atomic E-state index is 6.12. The van der Waals surface area contributed by atoms with Gasteiger partial charge in [-0.1, -0.05) is 0 Å². The second kappa shape index (κ2) is 5.03. The van der Waals surface area contributed by atoms with Gasteiger partial charge in [-0.25, -0.2) is 4.98 Å².